The zero-order chi connectivity index (χ0) is 10.7. The van der Waals surface area contributed by atoms with Crippen molar-refractivity contribution in [3.8, 4) is 5.75 Å². The molecule has 0 radical (unpaired) electrons. The van der Waals surface area contributed by atoms with Crippen LogP contribution in [0.3, 0.4) is 0 Å². The molecular formula is C11H16ClNO. The predicted octanol–water partition coefficient (Wildman–Crippen LogP) is 2.63. The molecule has 0 saturated heterocycles. The number of aromatic hydroxyl groups is 1. The monoisotopic (exact) mass is 213 g/mol. The minimum atomic E-state index is 0.0822. The van der Waals surface area contributed by atoms with Gasteiger partial charge < -0.3 is 10.8 Å². The van der Waals surface area contributed by atoms with Gasteiger partial charge >= 0.3 is 0 Å². The maximum Gasteiger partial charge on any atom is 0.121 e. The molecule has 1 aromatic carbocycles. The first-order valence-electron chi connectivity index (χ1n) is 4.78. The summed E-state index contributed by atoms with van der Waals surface area (Å²) in [6.07, 6.45) is 1.56. The van der Waals surface area contributed by atoms with E-state index in [1.54, 1.807) is 12.1 Å². The van der Waals surface area contributed by atoms with Crippen molar-refractivity contribution >= 4 is 11.6 Å². The van der Waals surface area contributed by atoms with Gasteiger partial charge in [-0.15, -0.1) is 0 Å². The van der Waals surface area contributed by atoms with Crippen molar-refractivity contribution in [3.63, 3.8) is 0 Å². The SMILES string of the molecule is CCC(N)Cc1cc(Cl)cc(C)c1O. The van der Waals surface area contributed by atoms with E-state index in [9.17, 15) is 5.11 Å². The van der Waals surface area contributed by atoms with Crippen molar-refractivity contribution < 1.29 is 5.11 Å². The highest BCUT2D eigenvalue weighted by Crippen LogP contribution is 2.27. The van der Waals surface area contributed by atoms with Crippen LogP contribution in [0.25, 0.3) is 0 Å². The molecule has 0 saturated carbocycles. The van der Waals surface area contributed by atoms with Crippen molar-refractivity contribution in [1.82, 2.24) is 0 Å². The normalized spacial score (nSPS) is 12.9. The Hall–Kier alpha value is -0.730. The van der Waals surface area contributed by atoms with Crippen LogP contribution >= 0.6 is 11.6 Å². The highest BCUT2D eigenvalue weighted by atomic mass is 35.5. The first-order chi connectivity index (χ1) is 6.54. The first-order valence-corrected chi connectivity index (χ1v) is 5.16. The first kappa shape index (κ1) is 11.3. The third kappa shape index (κ3) is 2.63. The van der Waals surface area contributed by atoms with Crippen molar-refractivity contribution in [3.05, 3.63) is 28.3 Å². The quantitative estimate of drug-likeness (QED) is 0.811. The molecule has 78 valence electrons. The lowest BCUT2D eigenvalue weighted by Gasteiger charge is -2.12. The number of rotatable bonds is 3. The molecule has 0 fully saturated rings. The Balaban J connectivity index is 2.96. The molecule has 0 aliphatic rings. The Labute approximate surface area is 89.7 Å². The lowest BCUT2D eigenvalue weighted by atomic mass is 10.0. The number of aryl methyl sites for hydroxylation is 1. The van der Waals surface area contributed by atoms with Crippen molar-refractivity contribution in [2.75, 3.05) is 0 Å². The Bertz CT molecular complexity index is 325. The molecule has 2 nitrogen and oxygen atoms in total. The standard InChI is InChI=1S/C11H16ClNO/c1-3-10(13)6-8-5-9(12)4-7(2)11(8)14/h4-5,10,14H,3,6,13H2,1-2H3. The molecule has 3 N–H and O–H groups in total. The van der Waals surface area contributed by atoms with Gasteiger partial charge in [0.2, 0.25) is 0 Å². The van der Waals surface area contributed by atoms with Gasteiger partial charge in [-0.05, 0) is 43.0 Å². The van der Waals surface area contributed by atoms with Crippen LogP contribution in [-0.2, 0) is 6.42 Å². The molecule has 1 atom stereocenters. The Morgan fingerprint density at radius 1 is 1.50 bits per heavy atom. The van der Waals surface area contributed by atoms with Gasteiger partial charge in [0, 0.05) is 11.1 Å². The summed E-state index contributed by atoms with van der Waals surface area (Å²) >= 11 is 5.90. The van der Waals surface area contributed by atoms with Crippen molar-refractivity contribution in [1.29, 1.82) is 0 Å². The fourth-order valence-corrected chi connectivity index (χ4v) is 1.68. The summed E-state index contributed by atoms with van der Waals surface area (Å²) in [5.41, 5.74) is 7.46. The number of hydrogen-bond donors (Lipinski definition) is 2. The Kier molecular flexibility index (Phi) is 3.78. The van der Waals surface area contributed by atoms with Gasteiger partial charge in [0.25, 0.3) is 0 Å². The Morgan fingerprint density at radius 2 is 2.14 bits per heavy atom. The van der Waals surface area contributed by atoms with Gasteiger partial charge in [0.05, 0.1) is 0 Å². The van der Waals surface area contributed by atoms with E-state index >= 15 is 0 Å². The predicted molar refractivity (Wildman–Crippen MR) is 59.8 cm³/mol. The van der Waals surface area contributed by atoms with Crippen LogP contribution in [0.2, 0.25) is 5.02 Å². The van der Waals surface area contributed by atoms with E-state index < -0.39 is 0 Å². The average molecular weight is 214 g/mol. The molecule has 0 aliphatic carbocycles. The number of phenolic OH excluding ortho intramolecular Hbond substituents is 1. The zero-order valence-corrected chi connectivity index (χ0v) is 9.30. The second-order valence-electron chi connectivity index (χ2n) is 3.60. The molecule has 14 heavy (non-hydrogen) atoms. The van der Waals surface area contributed by atoms with Crippen LogP contribution in [0.1, 0.15) is 24.5 Å². The van der Waals surface area contributed by atoms with E-state index in [2.05, 4.69) is 0 Å². The fraction of sp³-hybridized carbons (Fsp3) is 0.455. The van der Waals surface area contributed by atoms with Crippen LogP contribution in [0.5, 0.6) is 5.75 Å². The third-order valence-electron chi connectivity index (χ3n) is 2.35. The van der Waals surface area contributed by atoms with E-state index in [1.165, 1.54) is 0 Å². The summed E-state index contributed by atoms with van der Waals surface area (Å²) in [6.45, 7) is 3.86. The highest BCUT2D eigenvalue weighted by Gasteiger charge is 2.09. The lowest BCUT2D eigenvalue weighted by molar-refractivity contribution is 0.460. The molecule has 0 amide bonds. The van der Waals surface area contributed by atoms with Crippen LogP contribution in [0.15, 0.2) is 12.1 Å². The summed E-state index contributed by atoms with van der Waals surface area (Å²) < 4.78 is 0. The molecule has 0 bridgehead atoms. The van der Waals surface area contributed by atoms with Crippen molar-refractivity contribution in [2.24, 2.45) is 5.73 Å². The maximum absolute atomic E-state index is 9.75. The fourth-order valence-electron chi connectivity index (χ4n) is 1.39. The minimum absolute atomic E-state index is 0.0822. The van der Waals surface area contributed by atoms with E-state index in [0.717, 1.165) is 17.5 Å². The summed E-state index contributed by atoms with van der Waals surface area (Å²) in [6, 6.07) is 3.61. The largest absolute Gasteiger partial charge is 0.507 e. The van der Waals surface area contributed by atoms with E-state index in [0.29, 0.717) is 17.2 Å². The summed E-state index contributed by atoms with van der Waals surface area (Å²) in [7, 11) is 0. The summed E-state index contributed by atoms with van der Waals surface area (Å²) in [5.74, 6) is 0.318. The second kappa shape index (κ2) is 4.67. The van der Waals surface area contributed by atoms with Gasteiger partial charge in [0.15, 0.2) is 0 Å². The minimum Gasteiger partial charge on any atom is -0.507 e. The maximum atomic E-state index is 9.75. The average Bonchev–Trinajstić information content (AvgIpc) is 2.13. The number of phenols is 1. The molecule has 1 unspecified atom stereocenters. The van der Waals surface area contributed by atoms with E-state index in [-0.39, 0.29) is 6.04 Å². The van der Waals surface area contributed by atoms with Gasteiger partial charge in [-0.3, -0.25) is 0 Å². The number of nitrogens with two attached hydrogens (primary N) is 1. The molecule has 0 heterocycles. The van der Waals surface area contributed by atoms with E-state index in [1.807, 2.05) is 13.8 Å². The molecule has 3 heteroatoms. The third-order valence-corrected chi connectivity index (χ3v) is 2.57. The van der Waals surface area contributed by atoms with Gasteiger partial charge in [0.1, 0.15) is 5.75 Å². The van der Waals surface area contributed by atoms with Crippen LogP contribution in [0, 0.1) is 6.92 Å². The van der Waals surface area contributed by atoms with Crippen LogP contribution in [0.4, 0.5) is 0 Å². The molecule has 0 aliphatic heterocycles. The van der Waals surface area contributed by atoms with Crippen LogP contribution in [-0.4, -0.2) is 11.1 Å². The summed E-state index contributed by atoms with van der Waals surface area (Å²) in [4.78, 5) is 0. The van der Waals surface area contributed by atoms with Crippen LogP contribution < -0.4 is 5.73 Å². The van der Waals surface area contributed by atoms with Gasteiger partial charge in [-0.1, -0.05) is 18.5 Å². The molecular weight excluding hydrogens is 198 g/mol. The van der Waals surface area contributed by atoms with Gasteiger partial charge in [-0.25, -0.2) is 0 Å². The zero-order valence-electron chi connectivity index (χ0n) is 8.55. The second-order valence-corrected chi connectivity index (χ2v) is 4.04. The summed E-state index contributed by atoms with van der Waals surface area (Å²) in [5, 5.41) is 10.4. The van der Waals surface area contributed by atoms with Gasteiger partial charge in [-0.2, -0.15) is 0 Å². The smallest absolute Gasteiger partial charge is 0.121 e. The topological polar surface area (TPSA) is 46.2 Å². The molecule has 0 spiro atoms. The number of benzene rings is 1. The molecule has 1 aromatic rings. The highest BCUT2D eigenvalue weighted by molar-refractivity contribution is 6.30. The van der Waals surface area contributed by atoms with Crippen molar-refractivity contribution in [2.45, 2.75) is 32.7 Å². The van der Waals surface area contributed by atoms with E-state index in [4.69, 9.17) is 17.3 Å². The molecule has 0 aromatic heterocycles. The number of halogens is 1. The molecule has 1 rings (SSSR count). The lowest BCUT2D eigenvalue weighted by Crippen LogP contribution is -2.21. The Morgan fingerprint density at radius 3 is 2.71 bits per heavy atom. The number of hydrogen-bond acceptors (Lipinski definition) is 2.